The highest BCUT2D eigenvalue weighted by Crippen LogP contribution is 2.33. The lowest BCUT2D eigenvalue weighted by atomic mass is 9.88. The van der Waals surface area contributed by atoms with E-state index >= 15 is 0 Å². The lowest BCUT2D eigenvalue weighted by Gasteiger charge is -2.07. The van der Waals surface area contributed by atoms with Crippen molar-refractivity contribution in [2.45, 2.75) is 12.8 Å². The van der Waals surface area contributed by atoms with Crippen molar-refractivity contribution in [2.75, 3.05) is 0 Å². The summed E-state index contributed by atoms with van der Waals surface area (Å²) in [5.74, 6) is 0. The number of benzene rings is 2. The Morgan fingerprint density at radius 2 is 1.57 bits per heavy atom. The molecule has 0 fully saturated rings. The lowest BCUT2D eigenvalue weighted by molar-refractivity contribution is 1.02. The van der Waals surface area contributed by atoms with Crippen molar-refractivity contribution in [3.05, 3.63) is 39.9 Å². The summed E-state index contributed by atoms with van der Waals surface area (Å²) in [4.78, 5) is 0. The molecule has 0 N–H and O–H groups in total. The molecular formula is C12H8BBr. The van der Waals surface area contributed by atoms with Crippen molar-refractivity contribution in [3.8, 4) is 0 Å². The molecule has 0 atom stereocenters. The van der Waals surface area contributed by atoms with Crippen LogP contribution in [-0.2, 0) is 12.8 Å². The molecule has 1 aliphatic carbocycles. The van der Waals surface area contributed by atoms with E-state index < -0.39 is 0 Å². The first-order chi connectivity index (χ1) is 6.77. The molecule has 0 aliphatic heterocycles. The fourth-order valence-electron chi connectivity index (χ4n) is 2.31. The van der Waals surface area contributed by atoms with Gasteiger partial charge >= 0.3 is 0 Å². The zero-order valence-electron chi connectivity index (χ0n) is 7.68. The third-order valence-corrected chi connectivity index (χ3v) is 3.64. The molecule has 0 unspecified atom stereocenters. The minimum absolute atomic E-state index is 0.874. The van der Waals surface area contributed by atoms with Gasteiger partial charge in [0.05, 0.1) is 0 Å². The predicted molar refractivity (Wildman–Crippen MR) is 64.4 cm³/mol. The Hall–Kier alpha value is -0.755. The molecule has 2 radical (unpaired) electrons. The monoisotopic (exact) mass is 242 g/mol. The Labute approximate surface area is 92.9 Å². The van der Waals surface area contributed by atoms with Crippen LogP contribution >= 0.6 is 15.9 Å². The normalized spacial score (nSPS) is 13.8. The van der Waals surface area contributed by atoms with Crippen molar-refractivity contribution >= 4 is 40.0 Å². The molecule has 0 nitrogen and oxygen atoms in total. The first-order valence-corrected chi connectivity index (χ1v) is 5.55. The molecule has 0 spiro atoms. The van der Waals surface area contributed by atoms with E-state index in [9.17, 15) is 0 Å². The second-order valence-electron chi connectivity index (χ2n) is 3.77. The van der Waals surface area contributed by atoms with Crippen molar-refractivity contribution in [1.29, 1.82) is 0 Å². The van der Waals surface area contributed by atoms with Gasteiger partial charge in [-0.3, -0.25) is 0 Å². The molecule has 14 heavy (non-hydrogen) atoms. The van der Waals surface area contributed by atoms with Crippen LogP contribution in [0.1, 0.15) is 11.1 Å². The average Bonchev–Trinajstić information content (AvgIpc) is 2.58. The standard InChI is InChI=1S/C12H8BBr/c13-9-5-3-7-1-2-8-4-6-10(14)12(9)11(7)8/h3-6H,1-2H2. The molecule has 0 aromatic heterocycles. The van der Waals surface area contributed by atoms with E-state index in [-0.39, 0.29) is 0 Å². The number of aryl methyl sites for hydroxylation is 2. The Morgan fingerprint density at radius 1 is 0.929 bits per heavy atom. The van der Waals surface area contributed by atoms with E-state index in [2.05, 4.69) is 34.1 Å². The molecule has 2 aromatic rings. The van der Waals surface area contributed by atoms with Crippen LogP contribution in [0.15, 0.2) is 28.7 Å². The molecule has 3 rings (SSSR count). The molecule has 0 amide bonds. The molecular weight excluding hydrogens is 235 g/mol. The van der Waals surface area contributed by atoms with Crippen LogP contribution < -0.4 is 5.46 Å². The highest BCUT2D eigenvalue weighted by molar-refractivity contribution is 9.10. The predicted octanol–water partition coefficient (Wildman–Crippen LogP) is 2.49. The van der Waals surface area contributed by atoms with E-state index in [0.29, 0.717) is 0 Å². The van der Waals surface area contributed by atoms with E-state index in [1.165, 1.54) is 21.9 Å². The van der Waals surface area contributed by atoms with Crippen LogP contribution in [0.4, 0.5) is 0 Å². The van der Waals surface area contributed by atoms with Gasteiger partial charge in [0.15, 0.2) is 0 Å². The summed E-state index contributed by atoms with van der Waals surface area (Å²) < 4.78 is 1.11. The zero-order chi connectivity index (χ0) is 9.71. The van der Waals surface area contributed by atoms with Gasteiger partial charge in [-0.1, -0.05) is 39.6 Å². The first-order valence-electron chi connectivity index (χ1n) is 4.76. The maximum absolute atomic E-state index is 5.99. The Kier molecular flexibility index (Phi) is 1.75. The quantitative estimate of drug-likeness (QED) is 0.623. The van der Waals surface area contributed by atoms with Gasteiger partial charge in [-0.15, -0.1) is 0 Å². The van der Waals surface area contributed by atoms with Gasteiger partial charge in [0.25, 0.3) is 0 Å². The molecule has 2 heteroatoms. The van der Waals surface area contributed by atoms with E-state index in [1.54, 1.807) is 0 Å². The van der Waals surface area contributed by atoms with Crippen LogP contribution in [0.2, 0.25) is 0 Å². The van der Waals surface area contributed by atoms with Crippen LogP contribution in [0.5, 0.6) is 0 Å². The number of rotatable bonds is 0. The second kappa shape index (κ2) is 2.87. The molecule has 0 saturated heterocycles. The van der Waals surface area contributed by atoms with Crippen molar-refractivity contribution < 1.29 is 0 Å². The highest BCUT2D eigenvalue weighted by Gasteiger charge is 2.15. The summed E-state index contributed by atoms with van der Waals surface area (Å²) in [6, 6.07) is 8.46. The Balaban J connectivity index is 2.60. The van der Waals surface area contributed by atoms with Gasteiger partial charge in [0, 0.05) is 4.47 Å². The largest absolute Gasteiger partial charge is 0.114 e. The van der Waals surface area contributed by atoms with Gasteiger partial charge in [-0.2, -0.15) is 0 Å². The summed E-state index contributed by atoms with van der Waals surface area (Å²) >= 11 is 3.56. The fourth-order valence-corrected chi connectivity index (χ4v) is 2.87. The Morgan fingerprint density at radius 3 is 2.29 bits per heavy atom. The maximum atomic E-state index is 5.99. The van der Waals surface area contributed by atoms with Crippen LogP contribution in [0, 0.1) is 0 Å². The third-order valence-electron chi connectivity index (χ3n) is 2.98. The van der Waals surface area contributed by atoms with Crippen LogP contribution in [0.3, 0.4) is 0 Å². The molecule has 0 heterocycles. The lowest BCUT2D eigenvalue weighted by Crippen LogP contribution is -2.04. The first kappa shape index (κ1) is 8.54. The summed E-state index contributed by atoms with van der Waals surface area (Å²) in [5.41, 5.74) is 3.75. The summed E-state index contributed by atoms with van der Waals surface area (Å²) in [6.07, 6.45) is 2.31. The Bertz CT molecular complexity index is 487. The zero-order valence-corrected chi connectivity index (χ0v) is 9.26. The topological polar surface area (TPSA) is 0 Å². The molecule has 66 valence electrons. The minimum atomic E-state index is 0.874. The van der Waals surface area contributed by atoms with Gasteiger partial charge in [-0.25, -0.2) is 0 Å². The molecule has 1 aliphatic rings. The fraction of sp³-hybridized carbons (Fsp3) is 0.167. The second-order valence-corrected chi connectivity index (χ2v) is 4.62. The number of hydrogen-bond acceptors (Lipinski definition) is 0. The minimum Gasteiger partial charge on any atom is -0.0878 e. The van der Waals surface area contributed by atoms with Crippen LogP contribution in [0.25, 0.3) is 10.8 Å². The van der Waals surface area contributed by atoms with E-state index in [1.807, 2.05) is 6.07 Å². The van der Waals surface area contributed by atoms with Crippen molar-refractivity contribution in [2.24, 2.45) is 0 Å². The van der Waals surface area contributed by atoms with Gasteiger partial charge in [0.1, 0.15) is 7.85 Å². The van der Waals surface area contributed by atoms with E-state index in [4.69, 9.17) is 7.85 Å². The summed E-state index contributed by atoms with van der Waals surface area (Å²) in [7, 11) is 5.99. The van der Waals surface area contributed by atoms with Crippen molar-refractivity contribution in [1.82, 2.24) is 0 Å². The van der Waals surface area contributed by atoms with E-state index in [0.717, 1.165) is 22.8 Å². The molecule has 0 saturated carbocycles. The maximum Gasteiger partial charge on any atom is 0.114 e. The third kappa shape index (κ3) is 1.01. The van der Waals surface area contributed by atoms with Gasteiger partial charge in [-0.05, 0) is 40.8 Å². The van der Waals surface area contributed by atoms with Crippen LogP contribution in [-0.4, -0.2) is 7.85 Å². The smallest absolute Gasteiger partial charge is 0.0878 e. The van der Waals surface area contributed by atoms with Gasteiger partial charge in [0.2, 0.25) is 0 Å². The summed E-state index contributed by atoms with van der Waals surface area (Å²) in [6.45, 7) is 0. The SMILES string of the molecule is [B]c1ccc2c3c(ccc(Br)c13)CC2. The summed E-state index contributed by atoms with van der Waals surface area (Å²) in [5, 5.41) is 2.57. The molecule has 0 bridgehead atoms. The highest BCUT2D eigenvalue weighted by atomic mass is 79.9. The van der Waals surface area contributed by atoms with Crippen molar-refractivity contribution in [3.63, 3.8) is 0 Å². The number of hydrogen-bond donors (Lipinski definition) is 0. The number of halogens is 1. The average molecular weight is 243 g/mol. The molecule has 2 aromatic carbocycles. The van der Waals surface area contributed by atoms with Gasteiger partial charge < -0.3 is 0 Å².